The topological polar surface area (TPSA) is 80.6 Å². The van der Waals surface area contributed by atoms with Crippen molar-refractivity contribution in [3.63, 3.8) is 0 Å². The van der Waals surface area contributed by atoms with E-state index in [1.807, 2.05) is 29.7 Å². The van der Waals surface area contributed by atoms with E-state index in [2.05, 4.69) is 33.7 Å². The SMILES string of the molecule is C=C(/C=C\C)CCCn1c2nc(=O)[nH]c(=O)c-2nc2cc(C3CC3)ccc21. The van der Waals surface area contributed by atoms with Crippen molar-refractivity contribution in [1.29, 1.82) is 0 Å². The number of fused-ring (bicyclic) bond motifs is 2. The number of allylic oxidation sites excluding steroid dienone is 3. The van der Waals surface area contributed by atoms with Gasteiger partial charge in [0.15, 0.2) is 11.5 Å². The minimum Gasteiger partial charge on any atom is -0.322 e. The van der Waals surface area contributed by atoms with Crippen molar-refractivity contribution in [2.75, 3.05) is 0 Å². The normalized spacial score (nSPS) is 14.4. The van der Waals surface area contributed by atoms with Crippen molar-refractivity contribution in [3.8, 4) is 11.5 Å². The van der Waals surface area contributed by atoms with Crippen LogP contribution < -0.4 is 11.2 Å². The van der Waals surface area contributed by atoms with Gasteiger partial charge in [-0.3, -0.25) is 9.78 Å². The third kappa shape index (κ3) is 3.47. The third-order valence-corrected chi connectivity index (χ3v) is 4.96. The smallest absolute Gasteiger partial charge is 0.322 e. The van der Waals surface area contributed by atoms with Crippen LogP contribution in [0.15, 0.2) is 52.1 Å². The molecule has 0 radical (unpaired) electrons. The maximum absolute atomic E-state index is 12.3. The van der Waals surface area contributed by atoms with Crippen molar-refractivity contribution in [3.05, 3.63) is 68.9 Å². The van der Waals surface area contributed by atoms with Crippen LogP contribution in [0.25, 0.3) is 22.6 Å². The van der Waals surface area contributed by atoms with Gasteiger partial charge in [0.05, 0.1) is 11.0 Å². The van der Waals surface area contributed by atoms with Crippen LogP contribution in [0.2, 0.25) is 0 Å². The quantitative estimate of drug-likeness (QED) is 0.538. The Hall–Kier alpha value is -3.02. The van der Waals surface area contributed by atoms with Crippen LogP contribution in [0.1, 0.15) is 44.1 Å². The Morgan fingerprint density at radius 1 is 1.33 bits per heavy atom. The molecular weight excluding hydrogens is 340 g/mol. The predicted octanol–water partition coefficient (Wildman–Crippen LogP) is 3.37. The number of nitrogens with zero attached hydrogens (tertiary/aromatic N) is 3. The van der Waals surface area contributed by atoms with Gasteiger partial charge in [0.1, 0.15) is 0 Å². The average Bonchev–Trinajstić information content (AvgIpc) is 3.47. The molecule has 2 heterocycles. The van der Waals surface area contributed by atoms with Crippen LogP contribution in [-0.2, 0) is 6.54 Å². The molecule has 2 aliphatic heterocycles. The van der Waals surface area contributed by atoms with E-state index in [1.165, 1.54) is 18.4 Å². The summed E-state index contributed by atoms with van der Waals surface area (Å²) < 4.78 is 1.94. The van der Waals surface area contributed by atoms with E-state index in [0.29, 0.717) is 18.3 Å². The van der Waals surface area contributed by atoms with Gasteiger partial charge in [0.25, 0.3) is 5.56 Å². The highest BCUT2D eigenvalue weighted by molar-refractivity contribution is 5.80. The molecule has 1 aromatic carbocycles. The van der Waals surface area contributed by atoms with Crippen LogP contribution in [0, 0.1) is 0 Å². The van der Waals surface area contributed by atoms with Gasteiger partial charge in [-0.25, -0.2) is 9.78 Å². The standard InChI is InChI=1S/C21H22N4O2/c1-3-5-13(2)6-4-11-25-17-10-9-15(14-7-8-14)12-16(17)22-18-19(25)23-21(27)24-20(18)26/h3,5,9-10,12,14H,2,4,6-8,11H2,1H3,(H,24,26,27)/b5-3-. The summed E-state index contributed by atoms with van der Waals surface area (Å²) in [6.07, 6.45) is 8.03. The van der Waals surface area contributed by atoms with Gasteiger partial charge >= 0.3 is 5.69 Å². The molecule has 27 heavy (non-hydrogen) atoms. The summed E-state index contributed by atoms with van der Waals surface area (Å²) in [4.78, 5) is 34.9. The Labute approximate surface area is 156 Å². The number of nitrogens with one attached hydrogen (secondary N) is 1. The molecule has 1 fully saturated rings. The number of aromatic nitrogens is 4. The van der Waals surface area contributed by atoms with Crippen LogP contribution in [0.4, 0.5) is 0 Å². The first-order valence-corrected chi connectivity index (χ1v) is 9.32. The second kappa shape index (κ2) is 6.95. The number of rotatable bonds is 6. The zero-order chi connectivity index (χ0) is 19.0. The molecule has 1 N–H and O–H groups in total. The first-order chi connectivity index (χ1) is 13.1. The predicted molar refractivity (Wildman–Crippen MR) is 106 cm³/mol. The van der Waals surface area contributed by atoms with Crippen LogP contribution >= 0.6 is 0 Å². The zero-order valence-electron chi connectivity index (χ0n) is 15.4. The number of hydrogen-bond donors (Lipinski definition) is 1. The molecule has 6 heteroatoms. The van der Waals surface area contributed by atoms with E-state index in [-0.39, 0.29) is 5.69 Å². The molecular formula is C21H22N4O2. The lowest BCUT2D eigenvalue weighted by molar-refractivity contribution is 0.650. The molecule has 0 aromatic heterocycles. The lowest BCUT2D eigenvalue weighted by atomic mass is 10.1. The largest absolute Gasteiger partial charge is 0.349 e. The maximum atomic E-state index is 12.3. The minimum absolute atomic E-state index is 0.210. The van der Waals surface area contributed by atoms with Crippen molar-refractivity contribution in [1.82, 2.24) is 19.5 Å². The maximum Gasteiger partial charge on any atom is 0.349 e. The first-order valence-electron chi connectivity index (χ1n) is 9.32. The zero-order valence-corrected chi connectivity index (χ0v) is 15.4. The Morgan fingerprint density at radius 2 is 2.15 bits per heavy atom. The Morgan fingerprint density at radius 3 is 2.89 bits per heavy atom. The number of H-pyrrole nitrogens is 1. The molecule has 6 nitrogen and oxygen atoms in total. The minimum atomic E-state index is -0.643. The molecule has 0 bridgehead atoms. The highest BCUT2D eigenvalue weighted by Crippen LogP contribution is 2.41. The van der Waals surface area contributed by atoms with Crippen molar-refractivity contribution < 1.29 is 0 Å². The Bertz CT molecular complexity index is 1140. The second-order valence-corrected chi connectivity index (χ2v) is 7.09. The molecule has 138 valence electrons. The molecule has 0 atom stereocenters. The number of aromatic amines is 1. The number of aryl methyl sites for hydroxylation is 1. The summed E-state index contributed by atoms with van der Waals surface area (Å²) in [5.74, 6) is 0.942. The molecule has 4 rings (SSSR count). The summed E-state index contributed by atoms with van der Waals surface area (Å²) >= 11 is 0. The Kier molecular flexibility index (Phi) is 4.48. The van der Waals surface area contributed by atoms with E-state index >= 15 is 0 Å². The molecule has 0 amide bonds. The lowest BCUT2D eigenvalue weighted by Crippen LogP contribution is -2.29. The summed E-state index contributed by atoms with van der Waals surface area (Å²) in [6, 6.07) is 6.21. The monoisotopic (exact) mass is 362 g/mol. The summed E-state index contributed by atoms with van der Waals surface area (Å²) in [5, 5.41) is 0. The van der Waals surface area contributed by atoms with Crippen molar-refractivity contribution >= 4 is 11.0 Å². The molecule has 1 aliphatic carbocycles. The highest BCUT2D eigenvalue weighted by Gasteiger charge is 2.25. The molecule has 1 aromatic rings. The van der Waals surface area contributed by atoms with Gasteiger partial charge in [-0.15, -0.1) is 0 Å². The fourth-order valence-electron chi connectivity index (χ4n) is 3.50. The van der Waals surface area contributed by atoms with E-state index in [9.17, 15) is 9.59 Å². The van der Waals surface area contributed by atoms with Gasteiger partial charge < -0.3 is 4.57 Å². The van der Waals surface area contributed by atoms with Crippen molar-refractivity contribution in [2.24, 2.45) is 0 Å². The molecule has 0 saturated heterocycles. The lowest BCUT2D eigenvalue weighted by Gasteiger charge is -2.17. The fourth-order valence-corrected chi connectivity index (χ4v) is 3.50. The number of benzene rings is 1. The van der Waals surface area contributed by atoms with Gasteiger partial charge in [-0.1, -0.05) is 30.4 Å². The first kappa shape index (κ1) is 17.4. The van der Waals surface area contributed by atoms with E-state index < -0.39 is 11.2 Å². The molecule has 3 aliphatic rings. The molecule has 0 spiro atoms. The van der Waals surface area contributed by atoms with Crippen molar-refractivity contribution in [2.45, 2.75) is 45.1 Å². The Balaban J connectivity index is 1.82. The van der Waals surface area contributed by atoms with E-state index in [0.717, 1.165) is 29.4 Å². The average molecular weight is 362 g/mol. The summed E-state index contributed by atoms with van der Waals surface area (Å²) in [6.45, 7) is 6.63. The summed E-state index contributed by atoms with van der Waals surface area (Å²) in [7, 11) is 0. The van der Waals surface area contributed by atoms with Crippen LogP contribution in [-0.4, -0.2) is 19.5 Å². The number of hydrogen-bond acceptors (Lipinski definition) is 4. The van der Waals surface area contributed by atoms with Gasteiger partial charge in [-0.2, -0.15) is 4.98 Å². The van der Waals surface area contributed by atoms with Crippen LogP contribution in [0.3, 0.4) is 0 Å². The molecule has 1 saturated carbocycles. The van der Waals surface area contributed by atoms with Crippen LogP contribution in [0.5, 0.6) is 0 Å². The van der Waals surface area contributed by atoms with Gasteiger partial charge in [-0.05, 0) is 56.2 Å². The van der Waals surface area contributed by atoms with E-state index in [4.69, 9.17) is 0 Å². The summed E-state index contributed by atoms with van der Waals surface area (Å²) in [5.41, 5.74) is 3.04. The van der Waals surface area contributed by atoms with Gasteiger partial charge in [0.2, 0.25) is 0 Å². The van der Waals surface area contributed by atoms with E-state index in [1.54, 1.807) is 0 Å². The fraction of sp³-hybridized carbons (Fsp3) is 0.333. The second-order valence-electron chi connectivity index (χ2n) is 7.09. The molecule has 0 unspecified atom stereocenters. The highest BCUT2D eigenvalue weighted by atomic mass is 16.2. The third-order valence-electron chi connectivity index (χ3n) is 4.96. The van der Waals surface area contributed by atoms with Gasteiger partial charge in [0, 0.05) is 6.54 Å².